The van der Waals surface area contributed by atoms with Gasteiger partial charge in [0.1, 0.15) is 0 Å². The van der Waals surface area contributed by atoms with Gasteiger partial charge in [-0.3, -0.25) is 13.8 Å². The van der Waals surface area contributed by atoms with Crippen molar-refractivity contribution >= 4 is 13.7 Å². The lowest BCUT2D eigenvalue weighted by atomic mass is 10.0. The van der Waals surface area contributed by atoms with Crippen molar-refractivity contribution in [2.24, 2.45) is 5.73 Å². The first-order chi connectivity index (χ1) is 26.3. The van der Waals surface area contributed by atoms with Gasteiger partial charge in [-0.25, -0.2) is 4.57 Å². The van der Waals surface area contributed by atoms with E-state index >= 15 is 0 Å². The summed E-state index contributed by atoms with van der Waals surface area (Å²) in [5.74, 6) is -0.416. The molecule has 0 fully saturated rings. The van der Waals surface area contributed by atoms with Gasteiger partial charge in [0.15, 0.2) is 0 Å². The van der Waals surface area contributed by atoms with Crippen LogP contribution in [0.1, 0.15) is 226 Å². The molecule has 0 radical (unpaired) electrons. The molecule has 54 heavy (non-hydrogen) atoms. The van der Waals surface area contributed by atoms with Gasteiger partial charge in [0.25, 0.3) is 0 Å². The smallest absolute Gasteiger partial charge is 0.393 e. The van der Waals surface area contributed by atoms with Gasteiger partial charge in [-0.2, -0.15) is 0 Å². The van der Waals surface area contributed by atoms with E-state index in [-0.39, 0.29) is 26.2 Å². The second kappa shape index (κ2) is 40.4. The largest absolute Gasteiger partial charge is 0.472 e. The maximum Gasteiger partial charge on any atom is 0.472 e. The minimum absolute atomic E-state index is 0.0601. The van der Waals surface area contributed by atoms with Crippen LogP contribution >= 0.6 is 7.82 Å². The van der Waals surface area contributed by atoms with Crippen molar-refractivity contribution in [3.8, 4) is 0 Å². The SMILES string of the molecule is CCCCCCCCCCC/C=C\CCCCCCCC(O)CC(=O)NC(COP(=O)(O)OCCN)C(O)CCCCCCCCCCCCCCCC. The average Bonchev–Trinajstić information content (AvgIpc) is 3.15. The number of carbonyl (C=O) groups excluding carboxylic acids is 1. The second-order valence-corrected chi connectivity index (χ2v) is 17.3. The van der Waals surface area contributed by atoms with Gasteiger partial charge < -0.3 is 26.2 Å². The summed E-state index contributed by atoms with van der Waals surface area (Å²) in [5.41, 5.74) is 5.37. The van der Waals surface area contributed by atoms with Crippen LogP contribution in [-0.4, -0.2) is 59.0 Å². The number of hydrogen-bond acceptors (Lipinski definition) is 7. The highest BCUT2D eigenvalue weighted by Gasteiger charge is 2.28. The van der Waals surface area contributed by atoms with Gasteiger partial charge in [0.05, 0.1) is 37.9 Å². The Labute approximate surface area is 333 Å². The Hall–Kier alpha value is -0.800. The van der Waals surface area contributed by atoms with Crippen molar-refractivity contribution in [1.29, 1.82) is 0 Å². The summed E-state index contributed by atoms with van der Waals surface area (Å²) in [6.07, 6.45) is 41.1. The van der Waals surface area contributed by atoms with E-state index in [1.165, 1.54) is 148 Å². The molecule has 0 rings (SSSR count). The lowest BCUT2D eigenvalue weighted by molar-refractivity contribution is -0.125. The summed E-state index contributed by atoms with van der Waals surface area (Å²) >= 11 is 0. The van der Waals surface area contributed by atoms with Crippen LogP contribution in [0.15, 0.2) is 12.2 Å². The Morgan fingerprint density at radius 1 is 0.611 bits per heavy atom. The zero-order valence-electron chi connectivity index (χ0n) is 35.3. The van der Waals surface area contributed by atoms with E-state index in [1.807, 2.05) is 0 Å². The summed E-state index contributed by atoms with van der Waals surface area (Å²) in [5, 5.41) is 24.2. The molecule has 0 saturated heterocycles. The summed E-state index contributed by atoms with van der Waals surface area (Å²) in [6, 6.07) is -0.896. The van der Waals surface area contributed by atoms with E-state index in [2.05, 4.69) is 31.3 Å². The Balaban J connectivity index is 4.22. The molecule has 0 saturated carbocycles. The van der Waals surface area contributed by atoms with Gasteiger partial charge in [-0.1, -0.05) is 193 Å². The topological polar surface area (TPSA) is 151 Å². The molecule has 0 spiro atoms. The van der Waals surface area contributed by atoms with Gasteiger partial charge >= 0.3 is 7.82 Å². The number of nitrogens with two attached hydrogens (primary N) is 1. The molecule has 0 aromatic heterocycles. The van der Waals surface area contributed by atoms with E-state index in [0.717, 1.165) is 44.9 Å². The first-order valence-corrected chi connectivity index (χ1v) is 24.4. The summed E-state index contributed by atoms with van der Waals surface area (Å²) in [6.45, 7) is 4.06. The van der Waals surface area contributed by atoms with E-state index in [0.29, 0.717) is 12.8 Å². The molecule has 0 bridgehead atoms. The zero-order valence-corrected chi connectivity index (χ0v) is 36.2. The normalized spacial score (nSPS) is 14.7. The minimum Gasteiger partial charge on any atom is -0.393 e. The molecule has 10 heteroatoms. The number of phosphoric acid groups is 1. The summed E-state index contributed by atoms with van der Waals surface area (Å²) in [4.78, 5) is 22.8. The monoisotopic (exact) mass is 789 g/mol. The maximum atomic E-state index is 12.8. The molecule has 9 nitrogen and oxygen atoms in total. The predicted molar refractivity (Wildman–Crippen MR) is 228 cm³/mol. The van der Waals surface area contributed by atoms with Crippen LogP contribution in [0.25, 0.3) is 0 Å². The van der Waals surface area contributed by atoms with E-state index in [1.54, 1.807) is 0 Å². The van der Waals surface area contributed by atoms with Gasteiger partial charge in [0, 0.05) is 6.54 Å². The fraction of sp³-hybridized carbons (Fsp3) is 0.932. The summed E-state index contributed by atoms with van der Waals surface area (Å²) in [7, 11) is -4.37. The van der Waals surface area contributed by atoms with Gasteiger partial charge in [-0.05, 0) is 38.5 Å². The molecular formula is C44H89N2O7P. The first-order valence-electron chi connectivity index (χ1n) is 22.9. The summed E-state index contributed by atoms with van der Waals surface area (Å²) < 4.78 is 22.1. The van der Waals surface area contributed by atoms with Crippen LogP contribution in [-0.2, 0) is 18.4 Å². The van der Waals surface area contributed by atoms with E-state index in [4.69, 9.17) is 14.8 Å². The van der Waals surface area contributed by atoms with Crippen LogP contribution in [0, 0.1) is 0 Å². The number of phosphoric ester groups is 1. The molecule has 0 aliphatic rings. The van der Waals surface area contributed by atoms with E-state index in [9.17, 15) is 24.5 Å². The lowest BCUT2D eigenvalue weighted by Crippen LogP contribution is -2.47. The molecular weight excluding hydrogens is 699 g/mol. The second-order valence-electron chi connectivity index (χ2n) is 15.8. The third kappa shape index (κ3) is 38.1. The molecule has 0 aliphatic heterocycles. The fourth-order valence-electron chi connectivity index (χ4n) is 6.94. The number of nitrogens with one attached hydrogen (secondary N) is 1. The van der Waals surface area contributed by atoms with Crippen LogP contribution in [0.3, 0.4) is 0 Å². The van der Waals surface area contributed by atoms with Crippen LogP contribution in [0.4, 0.5) is 0 Å². The molecule has 0 aromatic carbocycles. The number of rotatable bonds is 43. The molecule has 0 aromatic rings. The van der Waals surface area contributed by atoms with Crippen molar-refractivity contribution in [2.75, 3.05) is 19.8 Å². The Morgan fingerprint density at radius 2 is 1.00 bits per heavy atom. The average molecular weight is 789 g/mol. The first kappa shape index (κ1) is 53.2. The molecule has 6 N–H and O–H groups in total. The van der Waals surface area contributed by atoms with Crippen LogP contribution in [0.5, 0.6) is 0 Å². The number of aliphatic hydroxyl groups excluding tert-OH is 2. The molecule has 0 aliphatic carbocycles. The third-order valence-corrected chi connectivity index (χ3v) is 11.4. The van der Waals surface area contributed by atoms with Crippen molar-refractivity contribution in [3.63, 3.8) is 0 Å². The Bertz CT molecular complexity index is 878. The minimum atomic E-state index is -4.37. The molecule has 1 amide bonds. The van der Waals surface area contributed by atoms with Gasteiger partial charge in [0.2, 0.25) is 5.91 Å². The van der Waals surface area contributed by atoms with Crippen LogP contribution in [0.2, 0.25) is 0 Å². The fourth-order valence-corrected chi connectivity index (χ4v) is 7.70. The van der Waals surface area contributed by atoms with Crippen LogP contribution < -0.4 is 11.1 Å². The van der Waals surface area contributed by atoms with Crippen molar-refractivity contribution in [3.05, 3.63) is 12.2 Å². The molecule has 4 atom stereocenters. The Kier molecular flexibility index (Phi) is 39.8. The van der Waals surface area contributed by atoms with Gasteiger partial charge in [-0.15, -0.1) is 0 Å². The molecule has 0 heterocycles. The van der Waals surface area contributed by atoms with Crippen molar-refractivity contribution in [2.45, 2.75) is 244 Å². The number of carbonyl (C=O) groups is 1. The highest BCUT2D eigenvalue weighted by Crippen LogP contribution is 2.43. The quantitative estimate of drug-likeness (QED) is 0.0233. The molecule has 322 valence electrons. The predicted octanol–water partition coefficient (Wildman–Crippen LogP) is 11.8. The maximum absolute atomic E-state index is 12.8. The third-order valence-electron chi connectivity index (χ3n) is 10.4. The molecule has 4 unspecified atom stereocenters. The zero-order chi connectivity index (χ0) is 39.8. The number of hydrogen-bond donors (Lipinski definition) is 5. The highest BCUT2D eigenvalue weighted by molar-refractivity contribution is 7.47. The van der Waals surface area contributed by atoms with Crippen molar-refractivity contribution < 1.29 is 33.5 Å². The van der Waals surface area contributed by atoms with Crippen molar-refractivity contribution in [1.82, 2.24) is 5.32 Å². The Morgan fingerprint density at radius 3 is 1.43 bits per heavy atom. The standard InChI is InChI=1S/C44H89N2O7P/c1-3-5-7-9-11-13-15-17-19-20-21-22-23-25-27-29-31-33-35-41(47)39-44(49)46-42(40-53-54(50,51)52-38-37-45)43(48)36-34-32-30-28-26-24-18-16-14-12-10-8-6-4-2/h21-22,41-43,47-48H,3-20,23-40,45H2,1-2H3,(H,46,49)(H,50,51)/b22-21-. The number of unbranched alkanes of at least 4 members (excludes halogenated alkanes) is 27. The number of aliphatic hydroxyl groups is 2. The number of allylic oxidation sites excluding steroid dienone is 2. The van der Waals surface area contributed by atoms with E-state index < -0.39 is 32.0 Å². The number of amides is 1. The highest BCUT2D eigenvalue weighted by atomic mass is 31.2. The lowest BCUT2D eigenvalue weighted by Gasteiger charge is -2.25.